The van der Waals surface area contributed by atoms with Gasteiger partial charge in [-0.3, -0.25) is 0 Å². The van der Waals surface area contributed by atoms with Crippen LogP contribution in [0.1, 0.15) is 2.85 Å². The second kappa shape index (κ2) is 48.8. The Kier molecular flexibility index (Phi) is 459. The van der Waals surface area contributed by atoms with Crippen molar-refractivity contribution < 1.29 is 122 Å². The van der Waals surface area contributed by atoms with Crippen LogP contribution in [0.3, 0.4) is 0 Å². The van der Waals surface area contributed by atoms with Gasteiger partial charge in [-0.05, 0) is 0 Å². The van der Waals surface area contributed by atoms with E-state index < -0.39 is 0 Å². The van der Waals surface area contributed by atoms with Crippen LogP contribution in [0.2, 0.25) is 0 Å². The van der Waals surface area contributed by atoms with Crippen molar-refractivity contribution >= 4 is 34.7 Å². The Morgan fingerprint density at radius 3 is 0.571 bits per heavy atom. The molecule has 0 aromatic carbocycles. The van der Waals surface area contributed by atoms with E-state index >= 15 is 0 Å². The fourth-order valence-corrected chi connectivity index (χ4v) is 0. The molecule has 0 saturated heterocycles. The van der Waals surface area contributed by atoms with Gasteiger partial charge < -0.3 is 19.3 Å². The zero-order valence-corrected chi connectivity index (χ0v) is 12.9. The molecule has 0 fully saturated rings. The van der Waals surface area contributed by atoms with E-state index in [0.717, 1.165) is 0 Å². The largest absolute Gasteiger partial charge is 3.00 e. The van der Waals surface area contributed by atoms with E-state index in [4.69, 9.17) is 0 Å². The van der Waals surface area contributed by atoms with Crippen LogP contribution in [0.4, 0.5) is 0 Å². The molecule has 7 heavy (non-hydrogen) atoms. The normalized spacial score (nSPS) is 0. The van der Waals surface area contributed by atoms with E-state index in [9.17, 15) is 0 Å². The molecule has 0 saturated carbocycles. The second-order valence-electron chi connectivity index (χ2n) is 0. The zero-order valence-electron chi connectivity index (χ0n) is 6.38. The Hall–Kier alpha value is 4.22. The molecule has 28 valence electrons. The second-order valence-corrected chi connectivity index (χ2v) is 0. The van der Waals surface area contributed by atoms with E-state index in [2.05, 4.69) is 0 Å². The maximum atomic E-state index is 0. The minimum Gasteiger partial charge on any atom is -2.00 e. The Morgan fingerprint density at radius 2 is 0.571 bits per heavy atom. The number of hydrogen-bond acceptors (Lipinski definition) is 0. The molecule has 0 aliphatic carbocycles. The molecule has 0 atom stereocenters. The van der Waals surface area contributed by atoms with Gasteiger partial charge in [-0.15, -0.1) is 0 Å². The first kappa shape index (κ1) is 65.8. The van der Waals surface area contributed by atoms with Gasteiger partial charge in [0.15, 0.2) is 0 Å². The van der Waals surface area contributed by atoms with E-state index in [0.29, 0.717) is 0 Å². The van der Waals surface area contributed by atoms with Gasteiger partial charge >= 0.3 is 137 Å². The van der Waals surface area contributed by atoms with Gasteiger partial charge in [0.25, 0.3) is 0 Å². The van der Waals surface area contributed by atoms with Crippen LogP contribution in [0, 0.1) is 0 Å². The van der Waals surface area contributed by atoms with E-state index in [1.807, 2.05) is 0 Å². The van der Waals surface area contributed by atoms with Crippen LogP contribution >= 0.6 is 0 Å². The van der Waals surface area contributed by atoms with Crippen molar-refractivity contribution in [1.82, 2.24) is 0 Å². The third-order valence-electron chi connectivity index (χ3n) is 0. The van der Waals surface area contributed by atoms with Crippen LogP contribution in [0.25, 0.3) is 0 Å². The van der Waals surface area contributed by atoms with Crippen LogP contribution in [0.5, 0.6) is 0 Å². The summed E-state index contributed by atoms with van der Waals surface area (Å²) >= 11 is 0. The molecule has 3 nitrogen and oxygen atoms in total. The summed E-state index contributed by atoms with van der Waals surface area (Å²) in [4.78, 5) is 0. The molecular weight excluding hydrogens is 180 g/mol. The topological polar surface area (TPSA) is 85.5 Å². The molecule has 0 rings (SSSR count). The van der Waals surface area contributed by atoms with Crippen molar-refractivity contribution in [2.24, 2.45) is 0 Å². The Bertz CT molecular complexity index is 17.8. The summed E-state index contributed by atoms with van der Waals surface area (Å²) in [6.07, 6.45) is 0. The molecule has 0 N–H and O–H groups in total. The van der Waals surface area contributed by atoms with E-state index in [-0.39, 0.29) is 157 Å². The molecule has 0 amide bonds. The van der Waals surface area contributed by atoms with Gasteiger partial charge in [-0.25, -0.2) is 0 Å². The molecule has 0 aliphatic rings. The summed E-state index contributed by atoms with van der Waals surface area (Å²) in [5.41, 5.74) is 0. The van der Waals surface area contributed by atoms with Crippen molar-refractivity contribution in [2.45, 2.75) is 0 Å². The average Bonchev–Trinajstić information content (AvgIpc) is 0. The quantitative estimate of drug-likeness (QED) is 0.333. The van der Waals surface area contributed by atoms with Crippen LogP contribution in [0.15, 0.2) is 0 Å². The SMILES string of the molecule is [Al+3].[Al+3].[H-].[H-].[K+].[K+].[O-2].[O-2].[O-2]. The third-order valence-corrected chi connectivity index (χ3v) is 0. The molecule has 0 spiro atoms. The summed E-state index contributed by atoms with van der Waals surface area (Å²) in [5, 5.41) is 0. The predicted molar refractivity (Wildman–Crippen MR) is 15.8 cm³/mol. The van der Waals surface area contributed by atoms with Crippen molar-refractivity contribution in [3.8, 4) is 0 Å². The van der Waals surface area contributed by atoms with Gasteiger partial charge in [0.1, 0.15) is 0 Å². The maximum absolute atomic E-state index is 0. The molecule has 0 aromatic heterocycles. The first-order valence-corrected chi connectivity index (χ1v) is 0. The van der Waals surface area contributed by atoms with E-state index in [1.165, 1.54) is 0 Å². The predicted octanol–water partition coefficient (Wildman–Crippen LogP) is -6.89. The zero-order chi connectivity index (χ0) is 0. The monoisotopic (exact) mass is 182 g/mol. The average molecular weight is 182 g/mol. The van der Waals surface area contributed by atoms with E-state index in [1.54, 1.807) is 0 Å². The minimum absolute atomic E-state index is 0. The van der Waals surface area contributed by atoms with Gasteiger partial charge in [0, 0.05) is 0 Å². The fraction of sp³-hybridized carbons (Fsp3) is 0. The Balaban J connectivity index is 0. The molecule has 0 radical (unpaired) electrons. The third kappa shape index (κ3) is 38.8. The molecule has 0 aromatic rings. The van der Waals surface area contributed by atoms with Crippen LogP contribution < -0.4 is 103 Å². The molecule has 7 heteroatoms. The summed E-state index contributed by atoms with van der Waals surface area (Å²) in [5.74, 6) is 0. The van der Waals surface area contributed by atoms with Crippen LogP contribution in [-0.4, -0.2) is 34.7 Å². The fourth-order valence-electron chi connectivity index (χ4n) is 0. The molecule has 0 unspecified atom stereocenters. The standard InChI is InChI=1S/2Al.2K.3O.2H/q2*+3;2*+1;3*-2;2*-1. The first-order chi connectivity index (χ1) is 0. The van der Waals surface area contributed by atoms with Crippen molar-refractivity contribution in [3.05, 3.63) is 0 Å². The molecule has 0 bridgehead atoms. The van der Waals surface area contributed by atoms with Gasteiger partial charge in [-0.1, -0.05) is 0 Å². The smallest absolute Gasteiger partial charge is 2.00 e. The van der Waals surface area contributed by atoms with Gasteiger partial charge in [0.2, 0.25) is 0 Å². The number of rotatable bonds is 0. The molecule has 0 heterocycles. The van der Waals surface area contributed by atoms with Gasteiger partial charge in [-0.2, -0.15) is 0 Å². The minimum atomic E-state index is 0. The van der Waals surface area contributed by atoms with Gasteiger partial charge in [0.05, 0.1) is 0 Å². The maximum Gasteiger partial charge on any atom is 3.00 e. The Morgan fingerprint density at radius 1 is 0.571 bits per heavy atom. The summed E-state index contributed by atoms with van der Waals surface area (Å²) < 4.78 is 0. The summed E-state index contributed by atoms with van der Waals surface area (Å²) in [7, 11) is 0. The number of hydrogen-bond donors (Lipinski definition) is 0. The first-order valence-electron chi connectivity index (χ1n) is 0. The summed E-state index contributed by atoms with van der Waals surface area (Å²) in [6.45, 7) is 0. The van der Waals surface area contributed by atoms with Crippen molar-refractivity contribution in [2.75, 3.05) is 0 Å². The van der Waals surface area contributed by atoms with Crippen molar-refractivity contribution in [1.29, 1.82) is 0 Å². The molecular formula is H2Al2K2O3. The molecule has 0 aliphatic heterocycles. The Labute approximate surface area is 152 Å². The summed E-state index contributed by atoms with van der Waals surface area (Å²) in [6, 6.07) is 0. The van der Waals surface area contributed by atoms with Crippen LogP contribution in [-0.2, 0) is 16.4 Å². The van der Waals surface area contributed by atoms with Crippen molar-refractivity contribution in [3.63, 3.8) is 0 Å².